The lowest BCUT2D eigenvalue weighted by molar-refractivity contribution is -0.156. The zero-order valence-corrected chi connectivity index (χ0v) is 8.34. The Bertz CT molecular complexity index is 290. The molecule has 1 aliphatic rings. The molecule has 0 radical (unpaired) electrons. The molecule has 1 aliphatic heterocycles. The van der Waals surface area contributed by atoms with Crippen molar-refractivity contribution >= 4 is 19.1 Å². The van der Waals surface area contributed by atoms with Crippen LogP contribution in [0.2, 0.25) is 0 Å². The van der Waals surface area contributed by atoms with Gasteiger partial charge in [0.2, 0.25) is 0 Å². The van der Waals surface area contributed by atoms with E-state index in [1.165, 1.54) is 0 Å². The number of carboxylic acids is 2. The maximum Gasteiger partial charge on any atom is 0.490 e. The Balaban J connectivity index is 2.83. The smallest absolute Gasteiger partial charge is 0.479 e. The van der Waals surface area contributed by atoms with Crippen LogP contribution in [0.25, 0.3) is 0 Å². The van der Waals surface area contributed by atoms with Crippen LogP contribution >= 0.6 is 0 Å². The van der Waals surface area contributed by atoms with E-state index in [-0.39, 0.29) is 0 Å². The Morgan fingerprint density at radius 1 is 1.20 bits per heavy atom. The van der Waals surface area contributed by atoms with E-state index >= 15 is 0 Å². The van der Waals surface area contributed by atoms with Crippen LogP contribution in [0.4, 0.5) is 0 Å². The molecular formula is C8H11BO6. The number of carbonyl (C=O) groups is 2. The van der Waals surface area contributed by atoms with E-state index in [0.717, 1.165) is 0 Å². The molecule has 15 heavy (non-hydrogen) atoms. The van der Waals surface area contributed by atoms with E-state index in [1.807, 2.05) is 0 Å². The van der Waals surface area contributed by atoms with E-state index in [1.54, 1.807) is 19.9 Å². The lowest BCUT2D eigenvalue weighted by Crippen LogP contribution is -2.36. The lowest BCUT2D eigenvalue weighted by Gasteiger charge is -2.08. The van der Waals surface area contributed by atoms with E-state index in [2.05, 4.69) is 0 Å². The lowest BCUT2D eigenvalue weighted by atomic mass is 9.80. The van der Waals surface area contributed by atoms with E-state index in [0.29, 0.717) is 5.47 Å². The Morgan fingerprint density at radius 2 is 1.60 bits per heavy atom. The largest absolute Gasteiger partial charge is 0.490 e. The molecule has 0 spiro atoms. The molecule has 7 heteroatoms. The summed E-state index contributed by atoms with van der Waals surface area (Å²) in [7, 11) is -0.891. The minimum atomic E-state index is -1.46. The molecule has 1 heterocycles. The monoisotopic (exact) mass is 214 g/mol. The first-order chi connectivity index (χ1) is 6.97. The van der Waals surface area contributed by atoms with Gasteiger partial charge in [0.15, 0.2) is 12.2 Å². The number of hydrogen-bond acceptors (Lipinski definition) is 4. The molecule has 6 nitrogen and oxygen atoms in total. The van der Waals surface area contributed by atoms with Gasteiger partial charge >= 0.3 is 19.1 Å². The van der Waals surface area contributed by atoms with Gasteiger partial charge in [-0.05, 0) is 19.3 Å². The second-order valence-electron chi connectivity index (χ2n) is 3.15. The van der Waals surface area contributed by atoms with E-state index in [9.17, 15) is 9.59 Å². The number of rotatable bonds is 3. The van der Waals surface area contributed by atoms with Crippen LogP contribution in [0, 0.1) is 0 Å². The summed E-state index contributed by atoms with van der Waals surface area (Å²) in [6.07, 6.45) is -1.24. The van der Waals surface area contributed by atoms with Crippen molar-refractivity contribution in [2.45, 2.75) is 26.1 Å². The zero-order chi connectivity index (χ0) is 11.6. The SMILES string of the molecule is C/C=C(\C)B1O[C@@H](C(=O)O)[C@H](C(=O)O)O1. The summed E-state index contributed by atoms with van der Waals surface area (Å²) in [5, 5.41) is 17.4. The molecule has 0 saturated carbocycles. The number of hydrogen-bond donors (Lipinski definition) is 2. The van der Waals surface area contributed by atoms with Crippen LogP contribution in [0.5, 0.6) is 0 Å². The Labute approximate surface area is 86.6 Å². The average molecular weight is 214 g/mol. The summed E-state index contributed by atoms with van der Waals surface area (Å²) in [5.41, 5.74) is 0.644. The van der Waals surface area contributed by atoms with Crippen LogP contribution in [0.3, 0.4) is 0 Å². The van der Waals surface area contributed by atoms with Gasteiger partial charge < -0.3 is 19.5 Å². The fraction of sp³-hybridized carbons (Fsp3) is 0.500. The standard InChI is InChI=1S/C8H11BO6/c1-3-4(2)9-14-5(7(10)11)6(15-9)8(12)13/h3,5-6H,1-2H3,(H,10,11)(H,12,13)/b4-3+/t5-,6-/m1/s1. The van der Waals surface area contributed by atoms with Crippen molar-refractivity contribution in [3.8, 4) is 0 Å². The molecule has 82 valence electrons. The molecule has 2 N–H and O–H groups in total. The summed E-state index contributed by atoms with van der Waals surface area (Å²) in [4.78, 5) is 21.4. The van der Waals surface area contributed by atoms with Gasteiger partial charge in [0, 0.05) is 0 Å². The van der Waals surface area contributed by atoms with Crippen molar-refractivity contribution in [1.29, 1.82) is 0 Å². The minimum absolute atomic E-state index is 0.644. The Kier molecular flexibility index (Phi) is 3.49. The summed E-state index contributed by atoms with van der Waals surface area (Å²) in [5.74, 6) is -2.68. The highest BCUT2D eigenvalue weighted by atomic mass is 16.7. The minimum Gasteiger partial charge on any atom is -0.479 e. The number of allylic oxidation sites excluding steroid dienone is 2. The Morgan fingerprint density at radius 3 is 1.87 bits per heavy atom. The van der Waals surface area contributed by atoms with E-state index < -0.39 is 31.3 Å². The predicted octanol–water partition coefficient (Wildman–Crippen LogP) is -0.0668. The molecule has 0 aromatic rings. The van der Waals surface area contributed by atoms with Crippen molar-refractivity contribution in [2.75, 3.05) is 0 Å². The summed E-state index contributed by atoms with van der Waals surface area (Å²) < 4.78 is 9.96. The molecule has 1 fully saturated rings. The van der Waals surface area contributed by atoms with Gasteiger partial charge in [0.05, 0.1) is 0 Å². The summed E-state index contributed by atoms with van der Waals surface area (Å²) in [6.45, 7) is 3.40. The molecule has 2 atom stereocenters. The van der Waals surface area contributed by atoms with Crippen LogP contribution < -0.4 is 0 Å². The normalized spacial score (nSPS) is 26.8. The summed E-state index contributed by atoms with van der Waals surface area (Å²) >= 11 is 0. The zero-order valence-electron chi connectivity index (χ0n) is 8.34. The molecule has 1 rings (SSSR count). The third-order valence-corrected chi connectivity index (χ3v) is 2.13. The molecule has 0 aromatic heterocycles. The number of carboxylic acid groups (broad SMARTS) is 2. The number of aliphatic carboxylic acids is 2. The quantitative estimate of drug-likeness (QED) is 0.638. The first-order valence-corrected chi connectivity index (χ1v) is 4.36. The third-order valence-electron chi connectivity index (χ3n) is 2.13. The highest BCUT2D eigenvalue weighted by Crippen LogP contribution is 2.21. The van der Waals surface area contributed by atoms with Crippen molar-refractivity contribution in [3.05, 3.63) is 11.5 Å². The highest BCUT2D eigenvalue weighted by Gasteiger charge is 2.48. The summed E-state index contributed by atoms with van der Waals surface area (Å²) in [6, 6.07) is 0. The maximum absolute atomic E-state index is 10.7. The maximum atomic E-state index is 10.7. The molecule has 0 aliphatic carbocycles. The van der Waals surface area contributed by atoms with Gasteiger partial charge in [-0.2, -0.15) is 0 Å². The first kappa shape index (κ1) is 11.7. The molecule has 0 aromatic carbocycles. The Hall–Kier alpha value is -1.34. The van der Waals surface area contributed by atoms with E-state index in [4.69, 9.17) is 19.5 Å². The average Bonchev–Trinajstić information content (AvgIpc) is 2.61. The molecular weight excluding hydrogens is 203 g/mol. The van der Waals surface area contributed by atoms with Crippen molar-refractivity contribution in [3.63, 3.8) is 0 Å². The van der Waals surface area contributed by atoms with Gasteiger partial charge in [-0.1, -0.05) is 6.08 Å². The van der Waals surface area contributed by atoms with Gasteiger partial charge in [-0.3, -0.25) is 0 Å². The van der Waals surface area contributed by atoms with Gasteiger partial charge in [0.25, 0.3) is 0 Å². The topological polar surface area (TPSA) is 93.1 Å². The third kappa shape index (κ3) is 2.37. The van der Waals surface area contributed by atoms with Crippen molar-refractivity contribution in [1.82, 2.24) is 0 Å². The first-order valence-electron chi connectivity index (χ1n) is 4.36. The molecule has 0 bridgehead atoms. The predicted molar refractivity (Wildman–Crippen MR) is 50.2 cm³/mol. The van der Waals surface area contributed by atoms with Crippen LogP contribution in [0.15, 0.2) is 11.5 Å². The fourth-order valence-corrected chi connectivity index (χ4v) is 1.17. The van der Waals surface area contributed by atoms with Crippen LogP contribution in [0.1, 0.15) is 13.8 Å². The highest BCUT2D eigenvalue weighted by molar-refractivity contribution is 6.54. The van der Waals surface area contributed by atoms with Crippen molar-refractivity contribution < 1.29 is 29.1 Å². The molecule has 0 unspecified atom stereocenters. The molecule has 0 amide bonds. The van der Waals surface area contributed by atoms with Crippen LogP contribution in [-0.4, -0.2) is 41.5 Å². The molecule has 1 saturated heterocycles. The second-order valence-corrected chi connectivity index (χ2v) is 3.15. The van der Waals surface area contributed by atoms with Crippen LogP contribution in [-0.2, 0) is 18.9 Å². The fourth-order valence-electron chi connectivity index (χ4n) is 1.17. The van der Waals surface area contributed by atoms with Gasteiger partial charge in [-0.25, -0.2) is 9.59 Å². The second kappa shape index (κ2) is 4.46. The van der Waals surface area contributed by atoms with Gasteiger partial charge in [0.1, 0.15) is 0 Å². The van der Waals surface area contributed by atoms with Gasteiger partial charge in [-0.15, -0.1) is 0 Å². The van der Waals surface area contributed by atoms with Crippen molar-refractivity contribution in [2.24, 2.45) is 0 Å².